The topological polar surface area (TPSA) is 83.3 Å². The Morgan fingerprint density at radius 2 is 2.00 bits per heavy atom. The summed E-state index contributed by atoms with van der Waals surface area (Å²) in [5.41, 5.74) is 1.85. The summed E-state index contributed by atoms with van der Waals surface area (Å²) in [4.78, 5) is 26.0. The lowest BCUT2D eigenvalue weighted by Gasteiger charge is -2.01. The van der Waals surface area contributed by atoms with Crippen LogP contribution in [0.25, 0.3) is 22.3 Å². The first kappa shape index (κ1) is 14.6. The Kier molecular flexibility index (Phi) is 3.62. The van der Waals surface area contributed by atoms with Crippen LogP contribution in [-0.2, 0) is 11.2 Å². The van der Waals surface area contributed by atoms with Crippen molar-refractivity contribution in [1.82, 2.24) is 4.98 Å². The molecule has 0 spiro atoms. The number of rotatable bonds is 3. The van der Waals surface area contributed by atoms with Crippen molar-refractivity contribution >= 4 is 32.9 Å². The van der Waals surface area contributed by atoms with E-state index in [1.165, 1.54) is 0 Å². The predicted octanol–water partition coefficient (Wildman–Crippen LogP) is 3.49. The lowest BCUT2D eigenvalue weighted by Crippen LogP contribution is -2.10. The number of aromatic nitrogens is 1. The summed E-state index contributed by atoms with van der Waals surface area (Å²) in [5.74, 6) is -0.595. The molecule has 6 heteroatoms. The van der Waals surface area contributed by atoms with Gasteiger partial charge in [0.15, 0.2) is 0 Å². The van der Waals surface area contributed by atoms with Crippen molar-refractivity contribution in [2.75, 3.05) is 0 Å². The average Bonchev–Trinajstić information content (AvgIpc) is 2.77. The molecule has 0 radical (unpaired) electrons. The first-order chi connectivity index (χ1) is 10.5. The molecule has 112 valence electrons. The maximum absolute atomic E-state index is 12.2. The molecule has 1 aromatic carbocycles. The molecule has 0 aliphatic carbocycles. The number of hydrogen-bond acceptors (Lipinski definition) is 3. The standard InChI is InChI=1S/C16H12BrNO4/c1-8-6-12-14(16(21)18-8)11(7-13(19)20)15(22-12)9-2-4-10(17)5-3-9/h2-6H,7H2,1H3,(H,18,21)(H,19,20). The van der Waals surface area contributed by atoms with E-state index in [0.29, 0.717) is 28.0 Å². The number of aryl methyl sites for hydroxylation is 1. The van der Waals surface area contributed by atoms with E-state index >= 15 is 0 Å². The number of carbonyl (C=O) groups is 1. The molecule has 0 atom stereocenters. The van der Waals surface area contributed by atoms with Gasteiger partial charge in [-0.05, 0) is 19.1 Å². The van der Waals surface area contributed by atoms with E-state index in [1.807, 2.05) is 24.3 Å². The number of H-pyrrole nitrogens is 1. The number of aliphatic carboxylic acids is 1. The summed E-state index contributed by atoms with van der Waals surface area (Å²) in [7, 11) is 0. The lowest BCUT2D eigenvalue weighted by atomic mass is 10.0. The number of furan rings is 1. The highest BCUT2D eigenvalue weighted by Crippen LogP contribution is 2.33. The number of pyridine rings is 1. The molecule has 2 heterocycles. The molecule has 22 heavy (non-hydrogen) atoms. The SMILES string of the molecule is Cc1cc2oc(-c3ccc(Br)cc3)c(CC(=O)O)c2c(=O)[nH]1. The van der Waals surface area contributed by atoms with Crippen molar-refractivity contribution in [2.24, 2.45) is 0 Å². The first-order valence-electron chi connectivity index (χ1n) is 6.58. The Morgan fingerprint density at radius 1 is 1.32 bits per heavy atom. The first-order valence-corrected chi connectivity index (χ1v) is 7.38. The van der Waals surface area contributed by atoms with E-state index in [1.54, 1.807) is 13.0 Å². The molecule has 2 N–H and O–H groups in total. The molecular weight excluding hydrogens is 350 g/mol. The minimum Gasteiger partial charge on any atom is -0.481 e. The van der Waals surface area contributed by atoms with Gasteiger partial charge in [0, 0.05) is 27.4 Å². The average molecular weight is 362 g/mol. The van der Waals surface area contributed by atoms with E-state index in [-0.39, 0.29) is 12.0 Å². The Balaban J connectivity index is 2.33. The summed E-state index contributed by atoms with van der Waals surface area (Å²) in [6, 6.07) is 9.00. The number of fused-ring (bicyclic) bond motifs is 1. The van der Waals surface area contributed by atoms with Crippen LogP contribution in [0.5, 0.6) is 0 Å². The van der Waals surface area contributed by atoms with E-state index in [9.17, 15) is 9.59 Å². The summed E-state index contributed by atoms with van der Waals surface area (Å²) in [6.07, 6.45) is -0.273. The molecule has 0 aliphatic rings. The zero-order chi connectivity index (χ0) is 15.9. The molecule has 5 nitrogen and oxygen atoms in total. The number of carboxylic acids is 1. The summed E-state index contributed by atoms with van der Waals surface area (Å²) in [5, 5.41) is 9.44. The highest BCUT2D eigenvalue weighted by Gasteiger charge is 2.21. The van der Waals surface area contributed by atoms with Crippen LogP contribution in [0.3, 0.4) is 0 Å². The Labute approximate surface area is 133 Å². The van der Waals surface area contributed by atoms with E-state index in [4.69, 9.17) is 9.52 Å². The van der Waals surface area contributed by atoms with Crippen LogP contribution in [0.1, 0.15) is 11.3 Å². The van der Waals surface area contributed by atoms with Crippen molar-refractivity contribution < 1.29 is 14.3 Å². The molecule has 0 saturated carbocycles. The summed E-state index contributed by atoms with van der Waals surface area (Å²) < 4.78 is 6.69. The fraction of sp³-hybridized carbons (Fsp3) is 0.125. The Morgan fingerprint density at radius 3 is 2.64 bits per heavy atom. The maximum atomic E-state index is 12.2. The second-order valence-corrected chi connectivity index (χ2v) is 5.92. The van der Waals surface area contributed by atoms with Crippen molar-refractivity contribution in [2.45, 2.75) is 13.3 Å². The molecule has 0 amide bonds. The molecule has 2 aromatic heterocycles. The van der Waals surface area contributed by atoms with Crippen LogP contribution in [0, 0.1) is 6.92 Å². The Bertz CT molecular complexity index is 922. The van der Waals surface area contributed by atoms with Gasteiger partial charge in [0.25, 0.3) is 5.56 Å². The van der Waals surface area contributed by atoms with Gasteiger partial charge in [-0.2, -0.15) is 0 Å². The zero-order valence-corrected chi connectivity index (χ0v) is 13.2. The Hall–Kier alpha value is -2.34. The third-order valence-corrected chi connectivity index (χ3v) is 3.88. The van der Waals surface area contributed by atoms with Crippen molar-refractivity contribution in [1.29, 1.82) is 0 Å². The number of hydrogen-bond donors (Lipinski definition) is 2. The number of aromatic amines is 1. The molecule has 0 bridgehead atoms. The van der Waals surface area contributed by atoms with Crippen LogP contribution >= 0.6 is 15.9 Å². The van der Waals surface area contributed by atoms with E-state index < -0.39 is 5.97 Å². The van der Waals surface area contributed by atoms with Crippen LogP contribution in [0.2, 0.25) is 0 Å². The monoisotopic (exact) mass is 361 g/mol. The minimum atomic E-state index is -1.01. The molecule has 0 aliphatic heterocycles. The quantitative estimate of drug-likeness (QED) is 0.747. The molecule has 0 saturated heterocycles. The van der Waals surface area contributed by atoms with Gasteiger partial charge in [-0.15, -0.1) is 0 Å². The minimum absolute atomic E-state index is 0.273. The van der Waals surface area contributed by atoms with Gasteiger partial charge >= 0.3 is 5.97 Å². The molecular formula is C16H12BrNO4. The van der Waals surface area contributed by atoms with E-state index in [2.05, 4.69) is 20.9 Å². The third kappa shape index (κ3) is 2.57. The van der Waals surface area contributed by atoms with Gasteiger partial charge in [0.2, 0.25) is 0 Å². The predicted molar refractivity (Wildman–Crippen MR) is 86.0 cm³/mol. The maximum Gasteiger partial charge on any atom is 0.307 e. The van der Waals surface area contributed by atoms with Crippen LogP contribution in [0.15, 0.2) is 44.0 Å². The van der Waals surface area contributed by atoms with Crippen LogP contribution in [-0.4, -0.2) is 16.1 Å². The van der Waals surface area contributed by atoms with Crippen molar-refractivity contribution in [3.8, 4) is 11.3 Å². The van der Waals surface area contributed by atoms with Crippen LogP contribution in [0.4, 0.5) is 0 Å². The summed E-state index contributed by atoms with van der Waals surface area (Å²) >= 11 is 3.35. The lowest BCUT2D eigenvalue weighted by molar-refractivity contribution is -0.136. The van der Waals surface area contributed by atoms with Gasteiger partial charge in [-0.25, -0.2) is 0 Å². The molecule has 0 unspecified atom stereocenters. The van der Waals surface area contributed by atoms with Crippen molar-refractivity contribution in [3.05, 3.63) is 56.4 Å². The number of halogens is 1. The number of benzene rings is 1. The molecule has 3 aromatic rings. The second-order valence-electron chi connectivity index (χ2n) is 5.01. The highest BCUT2D eigenvalue weighted by molar-refractivity contribution is 9.10. The normalized spacial score (nSPS) is 11.0. The number of nitrogens with one attached hydrogen (secondary N) is 1. The fourth-order valence-corrected chi connectivity index (χ4v) is 2.73. The third-order valence-electron chi connectivity index (χ3n) is 3.35. The second kappa shape index (κ2) is 5.46. The van der Waals surface area contributed by atoms with Gasteiger partial charge in [0.1, 0.15) is 11.3 Å². The molecule has 3 rings (SSSR count). The number of carboxylic acid groups (broad SMARTS) is 1. The van der Waals surface area contributed by atoms with Gasteiger partial charge < -0.3 is 14.5 Å². The van der Waals surface area contributed by atoms with Gasteiger partial charge in [-0.3, -0.25) is 9.59 Å². The van der Waals surface area contributed by atoms with Gasteiger partial charge in [0.05, 0.1) is 11.8 Å². The zero-order valence-electron chi connectivity index (χ0n) is 11.6. The smallest absolute Gasteiger partial charge is 0.307 e. The van der Waals surface area contributed by atoms with Crippen LogP contribution < -0.4 is 5.56 Å². The van der Waals surface area contributed by atoms with E-state index in [0.717, 1.165) is 10.0 Å². The molecule has 0 fully saturated rings. The van der Waals surface area contributed by atoms with Gasteiger partial charge in [-0.1, -0.05) is 28.1 Å². The van der Waals surface area contributed by atoms with Crippen molar-refractivity contribution in [3.63, 3.8) is 0 Å². The largest absolute Gasteiger partial charge is 0.481 e. The fourth-order valence-electron chi connectivity index (χ4n) is 2.46. The highest BCUT2D eigenvalue weighted by atomic mass is 79.9. The summed E-state index contributed by atoms with van der Waals surface area (Å²) in [6.45, 7) is 1.75.